The summed E-state index contributed by atoms with van der Waals surface area (Å²) in [5.41, 5.74) is 7.04. The summed E-state index contributed by atoms with van der Waals surface area (Å²) in [5, 5.41) is 4.43. The minimum Gasteiger partial charge on any atom is -0.487 e. The highest BCUT2D eigenvalue weighted by Crippen LogP contribution is 2.32. The number of hydrazone groups is 1. The van der Waals surface area contributed by atoms with Crippen LogP contribution in [0.25, 0.3) is 11.0 Å². The van der Waals surface area contributed by atoms with E-state index in [0.29, 0.717) is 12.6 Å². The first kappa shape index (κ1) is 20.6. The molecular formula is C23H20Br2N4O. The Labute approximate surface area is 192 Å². The van der Waals surface area contributed by atoms with Crippen molar-refractivity contribution in [2.45, 2.75) is 20.1 Å². The van der Waals surface area contributed by atoms with E-state index in [-0.39, 0.29) is 0 Å². The number of para-hydroxylation sites is 2. The molecule has 0 amide bonds. The molecule has 0 radical (unpaired) electrons. The lowest BCUT2D eigenvalue weighted by molar-refractivity contribution is 0.304. The van der Waals surface area contributed by atoms with Gasteiger partial charge in [-0.3, -0.25) is 0 Å². The molecule has 0 atom stereocenters. The molecule has 7 heteroatoms. The van der Waals surface area contributed by atoms with Gasteiger partial charge in [-0.2, -0.15) is 5.10 Å². The van der Waals surface area contributed by atoms with Gasteiger partial charge in [0.1, 0.15) is 12.4 Å². The van der Waals surface area contributed by atoms with Gasteiger partial charge in [-0.1, -0.05) is 58.4 Å². The maximum absolute atomic E-state index is 6.10. The molecule has 0 fully saturated rings. The molecular weight excluding hydrogens is 508 g/mol. The first-order chi connectivity index (χ1) is 14.7. The third-order valence-corrected chi connectivity index (χ3v) is 5.65. The lowest BCUT2D eigenvalue weighted by Crippen LogP contribution is -2.03. The van der Waals surface area contributed by atoms with Gasteiger partial charge in [-0.15, -0.1) is 0 Å². The molecule has 0 unspecified atom stereocenters. The number of ether oxygens (including phenoxy) is 1. The topological polar surface area (TPSA) is 51.4 Å². The Bertz CT molecular complexity index is 1190. The van der Waals surface area contributed by atoms with E-state index in [1.54, 1.807) is 6.21 Å². The van der Waals surface area contributed by atoms with Crippen molar-refractivity contribution in [3.63, 3.8) is 0 Å². The van der Waals surface area contributed by atoms with Crippen molar-refractivity contribution < 1.29 is 4.74 Å². The van der Waals surface area contributed by atoms with Gasteiger partial charge in [-0.05, 0) is 52.7 Å². The Hall–Kier alpha value is -2.64. The quantitative estimate of drug-likeness (QED) is 0.217. The summed E-state index contributed by atoms with van der Waals surface area (Å²) in [4.78, 5) is 4.64. The molecule has 1 N–H and O–H groups in total. The van der Waals surface area contributed by atoms with Crippen LogP contribution in [0.4, 0.5) is 5.95 Å². The Balaban J connectivity index is 1.57. The van der Waals surface area contributed by atoms with E-state index in [9.17, 15) is 0 Å². The molecule has 0 saturated heterocycles. The van der Waals surface area contributed by atoms with E-state index in [4.69, 9.17) is 4.74 Å². The highest BCUT2D eigenvalue weighted by molar-refractivity contribution is 9.11. The fourth-order valence-electron chi connectivity index (χ4n) is 3.20. The minimum atomic E-state index is 0.473. The van der Waals surface area contributed by atoms with E-state index in [1.165, 1.54) is 0 Å². The molecule has 1 aromatic heterocycles. The molecule has 3 aromatic carbocycles. The number of rotatable bonds is 7. The Morgan fingerprint density at radius 3 is 2.63 bits per heavy atom. The summed E-state index contributed by atoms with van der Waals surface area (Å²) >= 11 is 7.14. The summed E-state index contributed by atoms with van der Waals surface area (Å²) < 4.78 is 9.98. The van der Waals surface area contributed by atoms with Crippen molar-refractivity contribution in [1.29, 1.82) is 0 Å². The van der Waals surface area contributed by atoms with Crippen LogP contribution in [0.15, 0.2) is 80.8 Å². The summed E-state index contributed by atoms with van der Waals surface area (Å²) in [7, 11) is 0. The largest absolute Gasteiger partial charge is 0.487 e. The van der Waals surface area contributed by atoms with Crippen molar-refractivity contribution in [3.05, 3.63) is 86.8 Å². The first-order valence-electron chi connectivity index (χ1n) is 9.56. The Kier molecular flexibility index (Phi) is 6.50. The number of hydrogen-bond acceptors (Lipinski definition) is 4. The van der Waals surface area contributed by atoms with Crippen LogP contribution >= 0.6 is 31.9 Å². The standard InChI is InChI=1S/C23H20Br2N4O/c1-2-29-21-11-7-6-10-20(21)27-23(29)28-26-14-17-12-18(24)13-19(25)22(17)30-15-16-8-4-3-5-9-16/h3-14H,2,15H2,1H3,(H,27,28)/b26-14-. The number of nitrogens with one attached hydrogen (secondary N) is 1. The lowest BCUT2D eigenvalue weighted by Gasteiger charge is -2.12. The molecule has 4 rings (SSSR count). The number of hydrogen-bond donors (Lipinski definition) is 1. The number of fused-ring (bicyclic) bond motifs is 1. The van der Waals surface area contributed by atoms with Gasteiger partial charge < -0.3 is 9.30 Å². The number of aromatic nitrogens is 2. The van der Waals surface area contributed by atoms with E-state index >= 15 is 0 Å². The van der Waals surface area contributed by atoms with Crippen molar-refractivity contribution in [3.8, 4) is 5.75 Å². The molecule has 0 aliphatic carbocycles. The number of benzene rings is 3. The van der Waals surface area contributed by atoms with Gasteiger partial charge in [0.25, 0.3) is 0 Å². The molecule has 5 nitrogen and oxygen atoms in total. The van der Waals surface area contributed by atoms with Crippen molar-refractivity contribution >= 4 is 55.1 Å². The molecule has 152 valence electrons. The van der Waals surface area contributed by atoms with Gasteiger partial charge in [0.2, 0.25) is 5.95 Å². The Morgan fingerprint density at radius 2 is 1.83 bits per heavy atom. The molecule has 1 heterocycles. The second kappa shape index (κ2) is 9.45. The normalized spacial score (nSPS) is 11.3. The second-order valence-corrected chi connectivity index (χ2v) is 8.39. The van der Waals surface area contributed by atoms with Crippen molar-refractivity contribution in [2.75, 3.05) is 5.43 Å². The first-order valence-corrected chi connectivity index (χ1v) is 11.1. The average molecular weight is 528 g/mol. The fraction of sp³-hybridized carbons (Fsp3) is 0.130. The summed E-state index contributed by atoms with van der Waals surface area (Å²) in [6, 6.07) is 22.1. The third-order valence-electron chi connectivity index (χ3n) is 4.60. The molecule has 30 heavy (non-hydrogen) atoms. The number of halogens is 2. The maximum atomic E-state index is 6.10. The van der Waals surface area contributed by atoms with Crippen LogP contribution in [0.3, 0.4) is 0 Å². The number of nitrogens with zero attached hydrogens (tertiary/aromatic N) is 3. The average Bonchev–Trinajstić information content (AvgIpc) is 3.11. The molecule has 0 aliphatic rings. The van der Waals surface area contributed by atoms with Crippen LogP contribution < -0.4 is 10.2 Å². The zero-order valence-corrected chi connectivity index (χ0v) is 19.5. The Morgan fingerprint density at radius 1 is 1.07 bits per heavy atom. The number of anilines is 1. The fourth-order valence-corrected chi connectivity index (χ4v) is 4.57. The highest BCUT2D eigenvalue weighted by Gasteiger charge is 2.11. The molecule has 4 aromatic rings. The minimum absolute atomic E-state index is 0.473. The zero-order chi connectivity index (χ0) is 20.9. The summed E-state index contributed by atoms with van der Waals surface area (Å²) in [5.74, 6) is 1.44. The third kappa shape index (κ3) is 4.57. The highest BCUT2D eigenvalue weighted by atomic mass is 79.9. The van der Waals surface area contributed by atoms with E-state index in [1.807, 2.05) is 60.7 Å². The van der Waals surface area contributed by atoms with Gasteiger partial charge in [0.15, 0.2) is 0 Å². The van der Waals surface area contributed by atoms with Gasteiger partial charge in [-0.25, -0.2) is 10.4 Å². The van der Waals surface area contributed by atoms with E-state index < -0.39 is 0 Å². The monoisotopic (exact) mass is 526 g/mol. The maximum Gasteiger partial charge on any atom is 0.224 e. The van der Waals surface area contributed by atoms with Crippen molar-refractivity contribution in [2.24, 2.45) is 5.10 Å². The second-order valence-electron chi connectivity index (χ2n) is 6.62. The van der Waals surface area contributed by atoms with Gasteiger partial charge in [0.05, 0.1) is 21.7 Å². The number of aryl methyl sites for hydroxylation is 1. The summed E-state index contributed by atoms with van der Waals surface area (Å²) in [6.07, 6.45) is 1.75. The number of imidazole rings is 1. The predicted molar refractivity (Wildman–Crippen MR) is 129 cm³/mol. The predicted octanol–water partition coefficient (Wildman–Crippen LogP) is 6.61. The van der Waals surface area contributed by atoms with E-state index in [2.05, 4.69) is 64.9 Å². The zero-order valence-electron chi connectivity index (χ0n) is 16.3. The van der Waals surface area contributed by atoms with Crippen LogP contribution in [0.5, 0.6) is 5.75 Å². The van der Waals surface area contributed by atoms with Gasteiger partial charge in [0, 0.05) is 16.6 Å². The van der Waals surface area contributed by atoms with E-state index in [0.717, 1.165) is 43.4 Å². The molecule has 0 aliphatic heterocycles. The lowest BCUT2D eigenvalue weighted by atomic mass is 10.2. The van der Waals surface area contributed by atoms with Crippen LogP contribution in [-0.4, -0.2) is 15.8 Å². The van der Waals surface area contributed by atoms with Crippen LogP contribution in [0.1, 0.15) is 18.1 Å². The smallest absolute Gasteiger partial charge is 0.224 e. The van der Waals surface area contributed by atoms with Crippen LogP contribution in [-0.2, 0) is 13.2 Å². The molecule has 0 spiro atoms. The SMILES string of the molecule is CCn1c(N/N=C\c2cc(Br)cc(Br)c2OCc2ccccc2)nc2ccccc21. The van der Waals surface area contributed by atoms with Crippen LogP contribution in [0.2, 0.25) is 0 Å². The molecule has 0 bridgehead atoms. The molecule has 0 saturated carbocycles. The van der Waals surface area contributed by atoms with Crippen molar-refractivity contribution in [1.82, 2.24) is 9.55 Å². The van der Waals surface area contributed by atoms with Crippen LogP contribution in [0, 0.1) is 0 Å². The van der Waals surface area contributed by atoms with Gasteiger partial charge >= 0.3 is 0 Å². The summed E-state index contributed by atoms with van der Waals surface area (Å²) in [6.45, 7) is 3.36.